The monoisotopic (exact) mass is 429 g/mol. The van der Waals surface area contributed by atoms with Crippen LogP contribution >= 0.6 is 0 Å². The lowest BCUT2D eigenvalue weighted by Crippen LogP contribution is -2.30. The predicted octanol–water partition coefficient (Wildman–Crippen LogP) is 3.42. The van der Waals surface area contributed by atoms with Crippen LogP contribution in [0.2, 0.25) is 0 Å². The Morgan fingerprint density at radius 3 is 1.81 bits per heavy atom. The molecule has 0 spiro atoms. The van der Waals surface area contributed by atoms with Gasteiger partial charge < -0.3 is 10.2 Å². The second-order valence-electron chi connectivity index (χ2n) is 7.22. The lowest BCUT2D eigenvalue weighted by Gasteiger charge is -2.17. The number of hydrogen-bond donors (Lipinski definition) is 2. The van der Waals surface area contributed by atoms with Gasteiger partial charge >= 0.3 is 11.9 Å². The summed E-state index contributed by atoms with van der Waals surface area (Å²) in [5, 5.41) is 18.2. The van der Waals surface area contributed by atoms with Crippen LogP contribution in [0.15, 0.2) is 60.7 Å². The molecule has 0 aromatic heterocycles. The van der Waals surface area contributed by atoms with Gasteiger partial charge in [-0.15, -0.1) is 0 Å². The Hall–Kier alpha value is -4.59. The first-order valence-electron chi connectivity index (χ1n) is 9.44. The van der Waals surface area contributed by atoms with Gasteiger partial charge in [-0.3, -0.25) is 14.4 Å². The average molecular weight is 429 g/mol. The van der Waals surface area contributed by atoms with E-state index >= 15 is 0 Å². The summed E-state index contributed by atoms with van der Waals surface area (Å²) in [4.78, 5) is 62.0. The smallest absolute Gasteiger partial charge is 0.335 e. The van der Waals surface area contributed by atoms with Crippen LogP contribution in [0.3, 0.4) is 0 Å². The number of nitrogens with zero attached hydrogens (tertiary/aromatic N) is 1. The summed E-state index contributed by atoms with van der Waals surface area (Å²) in [6.45, 7) is 1.65. The molecule has 0 saturated heterocycles. The van der Waals surface area contributed by atoms with Crippen LogP contribution in [0.4, 0.5) is 5.69 Å². The minimum absolute atomic E-state index is 0.0307. The number of imide groups is 1. The molecule has 8 nitrogen and oxygen atoms in total. The Kier molecular flexibility index (Phi) is 4.90. The number of carboxylic acid groups (broad SMARTS) is 2. The zero-order valence-corrected chi connectivity index (χ0v) is 16.7. The van der Waals surface area contributed by atoms with Crippen molar-refractivity contribution in [3.63, 3.8) is 0 Å². The highest BCUT2D eigenvalue weighted by molar-refractivity contribution is 6.35. The molecule has 4 rings (SSSR count). The van der Waals surface area contributed by atoms with Gasteiger partial charge in [0.25, 0.3) is 11.8 Å². The predicted molar refractivity (Wildman–Crippen MR) is 113 cm³/mol. The van der Waals surface area contributed by atoms with Crippen molar-refractivity contribution in [3.8, 4) is 0 Å². The highest BCUT2D eigenvalue weighted by Gasteiger charge is 2.38. The van der Waals surface area contributed by atoms with Crippen LogP contribution in [0.1, 0.15) is 62.9 Å². The van der Waals surface area contributed by atoms with Crippen molar-refractivity contribution >= 4 is 35.2 Å². The number of fused-ring (bicyclic) bond motifs is 1. The molecule has 1 aliphatic heterocycles. The summed E-state index contributed by atoms with van der Waals surface area (Å²) in [6.07, 6.45) is 0. The third kappa shape index (κ3) is 3.33. The molecule has 2 N–H and O–H groups in total. The Bertz CT molecular complexity index is 1340. The molecule has 32 heavy (non-hydrogen) atoms. The standard InChI is InChI=1S/C24H15NO7/c1-12-2-3-16(24(31)32)11-19(12)25-21(27)17-9-8-15(10-18(17)22(25)28)20(26)13-4-6-14(7-5-13)23(29)30/h2-11H,1H3,(H,29,30)(H,31,32). The van der Waals surface area contributed by atoms with E-state index in [1.165, 1.54) is 60.7 Å². The third-order valence-corrected chi connectivity index (χ3v) is 5.24. The fourth-order valence-electron chi connectivity index (χ4n) is 3.52. The quantitative estimate of drug-likeness (QED) is 0.470. The van der Waals surface area contributed by atoms with Crippen LogP contribution < -0.4 is 4.90 Å². The van der Waals surface area contributed by atoms with Crippen molar-refractivity contribution in [2.24, 2.45) is 0 Å². The van der Waals surface area contributed by atoms with Crippen molar-refractivity contribution < 1.29 is 34.2 Å². The lowest BCUT2D eigenvalue weighted by molar-refractivity contribution is 0.0686. The van der Waals surface area contributed by atoms with E-state index in [0.29, 0.717) is 5.56 Å². The Labute approximate surface area is 181 Å². The van der Waals surface area contributed by atoms with Crippen LogP contribution in [0.25, 0.3) is 0 Å². The summed E-state index contributed by atoms with van der Waals surface area (Å²) in [5.74, 6) is -4.02. The largest absolute Gasteiger partial charge is 0.478 e. The van der Waals surface area contributed by atoms with Gasteiger partial charge in [0.2, 0.25) is 0 Å². The molecule has 1 aliphatic rings. The van der Waals surface area contributed by atoms with Gasteiger partial charge in [-0.25, -0.2) is 14.5 Å². The second-order valence-corrected chi connectivity index (χ2v) is 7.22. The van der Waals surface area contributed by atoms with E-state index in [0.717, 1.165) is 4.90 Å². The zero-order valence-electron chi connectivity index (χ0n) is 16.7. The first kappa shape index (κ1) is 20.7. The molecule has 3 aromatic rings. The Morgan fingerprint density at radius 2 is 1.19 bits per heavy atom. The molecule has 0 unspecified atom stereocenters. The van der Waals surface area contributed by atoms with Gasteiger partial charge in [-0.1, -0.05) is 24.3 Å². The van der Waals surface area contributed by atoms with Crippen molar-refractivity contribution in [3.05, 3.63) is 99.6 Å². The molecule has 0 atom stereocenters. The van der Waals surface area contributed by atoms with Gasteiger partial charge in [0, 0.05) is 11.1 Å². The third-order valence-electron chi connectivity index (χ3n) is 5.24. The van der Waals surface area contributed by atoms with Crippen LogP contribution in [-0.2, 0) is 0 Å². The van der Waals surface area contributed by atoms with Crippen molar-refractivity contribution in [1.29, 1.82) is 0 Å². The highest BCUT2D eigenvalue weighted by Crippen LogP contribution is 2.32. The maximum atomic E-state index is 13.1. The number of ketones is 1. The van der Waals surface area contributed by atoms with Gasteiger partial charge in [-0.2, -0.15) is 0 Å². The molecular weight excluding hydrogens is 414 g/mol. The van der Waals surface area contributed by atoms with Crippen molar-refractivity contribution in [1.82, 2.24) is 0 Å². The normalized spacial score (nSPS) is 12.6. The maximum Gasteiger partial charge on any atom is 0.335 e. The lowest BCUT2D eigenvalue weighted by atomic mass is 9.98. The molecule has 0 radical (unpaired) electrons. The number of rotatable bonds is 5. The number of hydrogen-bond acceptors (Lipinski definition) is 5. The SMILES string of the molecule is Cc1ccc(C(=O)O)cc1N1C(=O)c2ccc(C(=O)c3ccc(C(=O)O)cc3)cc2C1=O. The van der Waals surface area contributed by atoms with E-state index in [2.05, 4.69) is 0 Å². The first-order chi connectivity index (χ1) is 15.2. The maximum absolute atomic E-state index is 13.1. The number of anilines is 1. The molecule has 3 aromatic carbocycles. The van der Waals surface area contributed by atoms with E-state index < -0.39 is 29.5 Å². The summed E-state index contributed by atoms with van der Waals surface area (Å²) < 4.78 is 0. The number of carboxylic acids is 2. The van der Waals surface area contributed by atoms with E-state index in [-0.39, 0.29) is 39.1 Å². The summed E-state index contributed by atoms with van der Waals surface area (Å²) >= 11 is 0. The molecule has 0 aliphatic carbocycles. The van der Waals surface area contributed by atoms with Gasteiger partial charge in [0.1, 0.15) is 0 Å². The van der Waals surface area contributed by atoms with E-state index in [4.69, 9.17) is 5.11 Å². The molecule has 158 valence electrons. The highest BCUT2D eigenvalue weighted by atomic mass is 16.4. The summed E-state index contributed by atoms with van der Waals surface area (Å²) in [7, 11) is 0. The van der Waals surface area contributed by atoms with Gasteiger partial charge in [0.15, 0.2) is 5.78 Å². The van der Waals surface area contributed by atoms with Crippen molar-refractivity contribution in [2.75, 3.05) is 4.90 Å². The average Bonchev–Trinajstić information content (AvgIpc) is 3.03. The van der Waals surface area contributed by atoms with Crippen molar-refractivity contribution in [2.45, 2.75) is 6.92 Å². The zero-order chi connectivity index (χ0) is 23.2. The molecule has 2 amide bonds. The number of aryl methyl sites for hydroxylation is 1. The number of amides is 2. The van der Waals surface area contributed by atoms with Crippen LogP contribution in [0.5, 0.6) is 0 Å². The van der Waals surface area contributed by atoms with E-state index in [9.17, 15) is 29.1 Å². The fourth-order valence-corrected chi connectivity index (χ4v) is 3.52. The topological polar surface area (TPSA) is 129 Å². The van der Waals surface area contributed by atoms with Gasteiger partial charge in [-0.05, 0) is 48.9 Å². The Balaban J connectivity index is 1.71. The minimum atomic E-state index is -1.19. The van der Waals surface area contributed by atoms with E-state index in [1.54, 1.807) is 6.92 Å². The van der Waals surface area contributed by atoms with Crippen LogP contribution in [0, 0.1) is 6.92 Å². The molecule has 8 heteroatoms. The minimum Gasteiger partial charge on any atom is -0.478 e. The van der Waals surface area contributed by atoms with Crippen LogP contribution in [-0.4, -0.2) is 39.7 Å². The van der Waals surface area contributed by atoms with E-state index in [1.807, 2.05) is 0 Å². The number of aromatic carboxylic acids is 2. The molecule has 0 saturated carbocycles. The molecule has 1 heterocycles. The number of benzene rings is 3. The molecule has 0 fully saturated rings. The summed E-state index contributed by atoms with van der Waals surface area (Å²) in [5.41, 5.74) is 1.19. The fraction of sp³-hybridized carbons (Fsp3) is 0.0417. The summed E-state index contributed by atoms with van der Waals surface area (Å²) in [6, 6.07) is 13.6. The molecule has 0 bridgehead atoms. The number of carbonyl (C=O) groups excluding carboxylic acids is 3. The molecular formula is C24H15NO7. The second kappa shape index (κ2) is 7.59. The van der Waals surface area contributed by atoms with Gasteiger partial charge in [0.05, 0.1) is 27.9 Å². The Morgan fingerprint density at radius 1 is 0.656 bits per heavy atom. The first-order valence-corrected chi connectivity index (χ1v) is 9.44. The number of carbonyl (C=O) groups is 5.